The highest BCUT2D eigenvalue weighted by Crippen LogP contribution is 2.20. The molecule has 1 fully saturated rings. The van der Waals surface area contributed by atoms with Gasteiger partial charge in [-0.25, -0.2) is 8.78 Å². The second kappa shape index (κ2) is 7.36. The highest BCUT2D eigenvalue weighted by Gasteiger charge is 2.23. The predicted octanol–water partition coefficient (Wildman–Crippen LogP) is 1.96. The monoisotopic (exact) mass is 299 g/mol. The number of ether oxygens (including phenoxy) is 1. The van der Waals surface area contributed by atoms with Gasteiger partial charge in [0.05, 0.1) is 0 Å². The molecule has 1 amide bonds. The van der Waals surface area contributed by atoms with Gasteiger partial charge in [0.1, 0.15) is 5.82 Å². The molecule has 2 rings (SSSR count). The Morgan fingerprint density at radius 3 is 2.95 bits per heavy atom. The molecule has 0 bridgehead atoms. The van der Waals surface area contributed by atoms with E-state index in [1.807, 2.05) is 0 Å². The Morgan fingerprint density at radius 2 is 2.24 bits per heavy atom. The molecule has 1 atom stereocenters. The van der Waals surface area contributed by atoms with Crippen molar-refractivity contribution in [2.75, 3.05) is 26.3 Å². The summed E-state index contributed by atoms with van der Waals surface area (Å²) in [4.78, 5) is 13.7. The summed E-state index contributed by atoms with van der Waals surface area (Å²) in [5.74, 6) is -1.56. The van der Waals surface area contributed by atoms with E-state index in [2.05, 4.69) is 0 Å². The molecule has 6 heteroatoms. The maximum absolute atomic E-state index is 13.4. The van der Waals surface area contributed by atoms with Crippen LogP contribution in [0.2, 0.25) is 0 Å². The van der Waals surface area contributed by atoms with Gasteiger partial charge in [0.15, 0.2) is 18.2 Å². The van der Waals surface area contributed by atoms with Gasteiger partial charge in [0, 0.05) is 25.8 Å². The number of carbonyl (C=O) groups excluding carboxylic acids is 1. The second-order valence-corrected chi connectivity index (χ2v) is 5.22. The number of hydrogen-bond acceptors (Lipinski definition) is 3. The Kier molecular flexibility index (Phi) is 5.50. The van der Waals surface area contributed by atoms with Crippen LogP contribution in [0.3, 0.4) is 0 Å². The maximum atomic E-state index is 13.4. The Bertz CT molecular complexity index is 494. The van der Waals surface area contributed by atoms with Crippen molar-refractivity contribution in [3.63, 3.8) is 0 Å². The first-order valence-corrected chi connectivity index (χ1v) is 7.06. The minimum atomic E-state index is -0.820. The molecule has 1 aromatic carbocycles. The third kappa shape index (κ3) is 4.39. The zero-order valence-electron chi connectivity index (χ0n) is 11.7. The minimum absolute atomic E-state index is 0.115. The van der Waals surface area contributed by atoms with Crippen molar-refractivity contribution in [1.82, 2.24) is 4.90 Å². The van der Waals surface area contributed by atoms with Crippen LogP contribution in [0.1, 0.15) is 19.3 Å². The standard InChI is InChI=1S/C15H19F2NO3/c16-12-3-4-14(13(17)8-12)21-10-15(20)18-6-1-2-11(9-18)5-7-19/h3-4,8,11,19H,1-2,5-7,9-10H2. The fourth-order valence-corrected chi connectivity index (χ4v) is 2.53. The summed E-state index contributed by atoms with van der Waals surface area (Å²) in [6.45, 7) is 1.09. The highest BCUT2D eigenvalue weighted by molar-refractivity contribution is 5.77. The van der Waals surface area contributed by atoms with Crippen LogP contribution in [-0.4, -0.2) is 42.2 Å². The molecule has 0 spiro atoms. The Labute approximate surface area is 122 Å². The van der Waals surface area contributed by atoms with Gasteiger partial charge in [0.2, 0.25) is 0 Å². The topological polar surface area (TPSA) is 49.8 Å². The van der Waals surface area contributed by atoms with E-state index in [-0.39, 0.29) is 24.9 Å². The van der Waals surface area contributed by atoms with Crippen LogP contribution in [0.25, 0.3) is 0 Å². The zero-order valence-corrected chi connectivity index (χ0v) is 11.7. The molecular formula is C15H19F2NO3. The lowest BCUT2D eigenvalue weighted by atomic mass is 9.95. The van der Waals surface area contributed by atoms with Crippen molar-refractivity contribution < 1.29 is 23.4 Å². The van der Waals surface area contributed by atoms with E-state index in [0.717, 1.165) is 25.0 Å². The van der Waals surface area contributed by atoms with Crippen LogP contribution in [-0.2, 0) is 4.79 Å². The van der Waals surface area contributed by atoms with Gasteiger partial charge in [0.25, 0.3) is 5.91 Å². The third-order valence-electron chi connectivity index (χ3n) is 3.65. The van der Waals surface area contributed by atoms with E-state index in [0.29, 0.717) is 25.4 Å². The molecule has 0 aromatic heterocycles. The SMILES string of the molecule is O=C(COc1ccc(F)cc1F)N1CCCC(CCO)C1. The first-order valence-electron chi connectivity index (χ1n) is 7.06. The van der Waals surface area contributed by atoms with E-state index >= 15 is 0 Å². The van der Waals surface area contributed by atoms with Gasteiger partial charge in [-0.15, -0.1) is 0 Å². The summed E-state index contributed by atoms with van der Waals surface area (Å²) in [6, 6.07) is 2.97. The van der Waals surface area contributed by atoms with Crippen molar-refractivity contribution in [1.29, 1.82) is 0 Å². The van der Waals surface area contributed by atoms with Crippen molar-refractivity contribution in [3.8, 4) is 5.75 Å². The summed E-state index contributed by atoms with van der Waals surface area (Å²) in [7, 11) is 0. The first-order chi connectivity index (χ1) is 10.1. The summed E-state index contributed by atoms with van der Waals surface area (Å²) in [6.07, 6.45) is 2.57. The number of halogens is 2. The number of aliphatic hydroxyl groups excluding tert-OH is 1. The second-order valence-electron chi connectivity index (χ2n) is 5.22. The van der Waals surface area contributed by atoms with Crippen molar-refractivity contribution in [3.05, 3.63) is 29.8 Å². The number of rotatable bonds is 5. The van der Waals surface area contributed by atoms with E-state index in [4.69, 9.17) is 9.84 Å². The van der Waals surface area contributed by atoms with Crippen molar-refractivity contribution in [2.24, 2.45) is 5.92 Å². The molecule has 0 radical (unpaired) electrons. The maximum Gasteiger partial charge on any atom is 0.260 e. The minimum Gasteiger partial charge on any atom is -0.481 e. The van der Waals surface area contributed by atoms with Gasteiger partial charge in [-0.2, -0.15) is 0 Å². The fraction of sp³-hybridized carbons (Fsp3) is 0.533. The lowest BCUT2D eigenvalue weighted by molar-refractivity contribution is -0.135. The van der Waals surface area contributed by atoms with Crippen LogP contribution in [0.4, 0.5) is 8.78 Å². The molecular weight excluding hydrogens is 280 g/mol. The van der Waals surface area contributed by atoms with Crippen LogP contribution >= 0.6 is 0 Å². The fourth-order valence-electron chi connectivity index (χ4n) is 2.53. The van der Waals surface area contributed by atoms with Crippen molar-refractivity contribution >= 4 is 5.91 Å². The summed E-state index contributed by atoms with van der Waals surface area (Å²) in [5.41, 5.74) is 0. The number of amides is 1. The number of piperidine rings is 1. The van der Waals surface area contributed by atoms with Crippen LogP contribution in [0.5, 0.6) is 5.75 Å². The van der Waals surface area contributed by atoms with Crippen molar-refractivity contribution in [2.45, 2.75) is 19.3 Å². The van der Waals surface area contributed by atoms with E-state index in [1.54, 1.807) is 4.90 Å². The summed E-state index contributed by atoms with van der Waals surface area (Å²) < 4.78 is 31.3. The lowest BCUT2D eigenvalue weighted by Crippen LogP contribution is -2.42. The largest absolute Gasteiger partial charge is 0.481 e. The van der Waals surface area contributed by atoms with Crippen LogP contribution in [0, 0.1) is 17.6 Å². The molecule has 1 saturated heterocycles. The average molecular weight is 299 g/mol. The molecule has 0 aliphatic carbocycles. The quantitative estimate of drug-likeness (QED) is 0.904. The number of nitrogens with zero attached hydrogens (tertiary/aromatic N) is 1. The predicted molar refractivity (Wildman–Crippen MR) is 72.9 cm³/mol. The molecule has 1 heterocycles. The van der Waals surface area contributed by atoms with Gasteiger partial charge in [-0.05, 0) is 37.3 Å². The average Bonchev–Trinajstić information content (AvgIpc) is 2.47. The molecule has 1 aliphatic heterocycles. The number of hydrogen-bond donors (Lipinski definition) is 1. The lowest BCUT2D eigenvalue weighted by Gasteiger charge is -2.32. The van der Waals surface area contributed by atoms with Crippen LogP contribution in [0.15, 0.2) is 18.2 Å². The van der Waals surface area contributed by atoms with E-state index < -0.39 is 11.6 Å². The van der Waals surface area contributed by atoms with Crippen LogP contribution < -0.4 is 4.74 Å². The molecule has 116 valence electrons. The Hall–Kier alpha value is -1.69. The number of aliphatic hydroxyl groups is 1. The molecule has 1 aromatic rings. The molecule has 1 aliphatic rings. The molecule has 1 N–H and O–H groups in total. The molecule has 4 nitrogen and oxygen atoms in total. The summed E-state index contributed by atoms with van der Waals surface area (Å²) >= 11 is 0. The van der Waals surface area contributed by atoms with Gasteiger partial charge >= 0.3 is 0 Å². The van der Waals surface area contributed by atoms with Gasteiger partial charge in [-0.1, -0.05) is 0 Å². The first kappa shape index (κ1) is 15.7. The molecule has 1 unspecified atom stereocenters. The Morgan fingerprint density at radius 1 is 1.43 bits per heavy atom. The van der Waals surface area contributed by atoms with Gasteiger partial charge < -0.3 is 14.7 Å². The smallest absolute Gasteiger partial charge is 0.260 e. The van der Waals surface area contributed by atoms with E-state index in [1.165, 1.54) is 6.07 Å². The summed E-state index contributed by atoms with van der Waals surface area (Å²) in [5, 5.41) is 8.95. The third-order valence-corrected chi connectivity index (χ3v) is 3.65. The van der Waals surface area contributed by atoms with Gasteiger partial charge in [-0.3, -0.25) is 4.79 Å². The molecule has 21 heavy (non-hydrogen) atoms. The number of benzene rings is 1. The normalized spacial score (nSPS) is 18.6. The number of carbonyl (C=O) groups is 1. The number of likely N-dealkylation sites (tertiary alicyclic amines) is 1. The van der Waals surface area contributed by atoms with E-state index in [9.17, 15) is 13.6 Å². The molecule has 0 saturated carbocycles. The Balaban J connectivity index is 1.86. The highest BCUT2D eigenvalue weighted by atomic mass is 19.1. The zero-order chi connectivity index (χ0) is 15.2.